The fourth-order valence-electron chi connectivity index (χ4n) is 14.0. The number of benzene rings is 2. The number of fused-ring (bicyclic) bond motifs is 11. The predicted octanol–water partition coefficient (Wildman–Crippen LogP) is 6.81. The Hall–Kier alpha value is -1.44. The average Bonchev–Trinajstić information content (AvgIpc) is 3.51. The van der Waals surface area contributed by atoms with E-state index in [0.29, 0.717) is 11.8 Å². The molecule has 10 unspecified atom stereocenters. The standard InChI is InChI=1S/C45H51.C2H7Si.2ClH.Zr/c1-10-17-32-28-36-34-21-12-11-19-31(34)23-24-35(36)38(32)37-22-16-27-40(4)39(3)25-13-14-26-41(39,5)45(9)42(6,44(37,40)8)29-33-20-15-18-30(2)43(33,45)7;1-3-2;;;/h11-16,18-29,33,38H,10,17H2,1-9H3;3H,1-2H3;2*1H;/q;;;;+2/p-2. The van der Waals surface area contributed by atoms with Gasteiger partial charge < -0.3 is 24.8 Å². The quantitative estimate of drug-likeness (QED) is 0.292. The van der Waals surface area contributed by atoms with Gasteiger partial charge in [-0.15, -0.1) is 0 Å². The van der Waals surface area contributed by atoms with E-state index in [2.05, 4.69) is 179 Å². The molecule has 4 heteroatoms. The molecular formula is C47H58Cl2SiZr. The monoisotopic (exact) mass is 810 g/mol. The molecule has 2 fully saturated rings. The molecule has 0 spiro atoms. The minimum Gasteiger partial charge on any atom is -1.00 e. The second-order valence-corrected chi connectivity index (χ2v) is 33.4. The molecule has 0 saturated heterocycles. The van der Waals surface area contributed by atoms with Crippen molar-refractivity contribution in [1.82, 2.24) is 0 Å². The van der Waals surface area contributed by atoms with E-state index in [-0.39, 0.29) is 62.7 Å². The first-order chi connectivity index (χ1) is 23.1. The van der Waals surface area contributed by atoms with E-state index in [9.17, 15) is 0 Å². The first-order valence-corrected chi connectivity index (χ1v) is 27.8. The van der Waals surface area contributed by atoms with E-state index < -0.39 is 28.3 Å². The summed E-state index contributed by atoms with van der Waals surface area (Å²) in [4.78, 5) is 0. The maximum Gasteiger partial charge on any atom is -1.00 e. The Morgan fingerprint density at radius 3 is 2.12 bits per heavy atom. The van der Waals surface area contributed by atoms with Crippen molar-refractivity contribution in [2.24, 2.45) is 43.8 Å². The SMILES string of the molecule is CCCC1=Cc2c(ccc3ccccc23)C1C1=CC=CC2(C)C3(C)C=CC=CC3(C)C3(C)C4(C)C(C)=CC=CC4[CH]([Zr+2][SiH](C)C)C3(C)C12C.[Cl-].[Cl-]. The summed E-state index contributed by atoms with van der Waals surface area (Å²) >= 11 is -0.743. The number of allylic oxidation sites excluding steroid dienone is 13. The van der Waals surface area contributed by atoms with Crippen molar-refractivity contribution in [2.75, 3.05) is 0 Å². The van der Waals surface area contributed by atoms with Crippen LogP contribution in [0, 0.1) is 43.8 Å². The largest absolute Gasteiger partial charge is 1.00 e. The molecule has 0 aliphatic heterocycles. The number of hydrogen-bond acceptors (Lipinski definition) is 0. The molecule has 268 valence electrons. The van der Waals surface area contributed by atoms with E-state index in [1.807, 2.05) is 0 Å². The minimum atomic E-state index is -0.781. The normalized spacial score (nSPS) is 42.4. The van der Waals surface area contributed by atoms with E-state index in [1.54, 1.807) is 22.3 Å². The third-order valence-electron chi connectivity index (χ3n) is 17.1. The van der Waals surface area contributed by atoms with Gasteiger partial charge in [0.2, 0.25) is 0 Å². The van der Waals surface area contributed by atoms with Crippen molar-refractivity contribution in [2.45, 2.75) is 97.8 Å². The molecule has 6 aliphatic carbocycles. The average molecular weight is 813 g/mol. The zero-order chi connectivity index (χ0) is 35.0. The molecule has 0 heterocycles. The van der Waals surface area contributed by atoms with Gasteiger partial charge in [-0.25, -0.2) is 0 Å². The van der Waals surface area contributed by atoms with Crippen molar-refractivity contribution in [1.29, 1.82) is 0 Å². The summed E-state index contributed by atoms with van der Waals surface area (Å²) in [6.07, 6.45) is 30.7. The fourth-order valence-corrected chi connectivity index (χ4v) is 27.1. The number of halogens is 2. The van der Waals surface area contributed by atoms with Gasteiger partial charge >= 0.3 is 312 Å². The second kappa shape index (κ2) is 12.5. The molecule has 0 N–H and O–H groups in total. The fraction of sp³-hybridized carbons (Fsp3) is 0.489. The Kier molecular flexibility index (Phi) is 9.66. The van der Waals surface area contributed by atoms with Gasteiger partial charge in [-0.2, -0.15) is 0 Å². The summed E-state index contributed by atoms with van der Waals surface area (Å²) in [5, 5.41) is 2.77. The number of rotatable bonds is 5. The molecule has 0 amide bonds. The van der Waals surface area contributed by atoms with Crippen LogP contribution in [0.5, 0.6) is 0 Å². The molecule has 2 aromatic rings. The maximum atomic E-state index is 2.88. The molecule has 10 atom stereocenters. The smallest absolute Gasteiger partial charge is 1.00 e. The molecule has 2 saturated carbocycles. The summed E-state index contributed by atoms with van der Waals surface area (Å²) in [5.74, 6) is 0.124. The molecule has 6 aliphatic rings. The van der Waals surface area contributed by atoms with Crippen LogP contribution in [-0.2, 0) is 22.4 Å². The van der Waals surface area contributed by atoms with Crippen LogP contribution in [0.25, 0.3) is 16.8 Å². The van der Waals surface area contributed by atoms with Gasteiger partial charge in [0.1, 0.15) is 0 Å². The van der Waals surface area contributed by atoms with E-state index >= 15 is 0 Å². The summed E-state index contributed by atoms with van der Waals surface area (Å²) < 4.78 is 0.758. The van der Waals surface area contributed by atoms with E-state index in [0.717, 1.165) is 10.0 Å². The second-order valence-electron chi connectivity index (χ2n) is 18.2. The Labute approximate surface area is 334 Å². The Morgan fingerprint density at radius 1 is 0.765 bits per heavy atom. The van der Waals surface area contributed by atoms with Crippen LogP contribution in [-0.4, -0.2) is 5.92 Å². The van der Waals surface area contributed by atoms with Gasteiger partial charge in [-0.05, 0) is 0 Å². The van der Waals surface area contributed by atoms with Gasteiger partial charge in [-0.1, -0.05) is 0 Å². The topological polar surface area (TPSA) is 0 Å². The van der Waals surface area contributed by atoms with Crippen LogP contribution in [0.2, 0.25) is 16.7 Å². The first kappa shape index (κ1) is 39.3. The van der Waals surface area contributed by atoms with Crippen LogP contribution < -0.4 is 24.8 Å². The maximum absolute atomic E-state index is 2.88. The molecule has 0 bridgehead atoms. The van der Waals surface area contributed by atoms with Crippen LogP contribution in [0.15, 0.2) is 114 Å². The van der Waals surface area contributed by atoms with Gasteiger partial charge in [0.25, 0.3) is 0 Å². The zero-order valence-corrected chi connectivity index (χ0v) is 37.9. The molecule has 0 radical (unpaired) electrons. The summed E-state index contributed by atoms with van der Waals surface area (Å²) in [5.41, 5.74) is 7.81. The van der Waals surface area contributed by atoms with Crippen LogP contribution in [0.3, 0.4) is 0 Å². The molecule has 0 aromatic heterocycles. The van der Waals surface area contributed by atoms with Crippen molar-refractivity contribution in [3.8, 4) is 0 Å². The number of hydrogen-bond donors (Lipinski definition) is 0. The van der Waals surface area contributed by atoms with Gasteiger partial charge in [0.05, 0.1) is 0 Å². The van der Waals surface area contributed by atoms with Gasteiger partial charge in [-0.3, -0.25) is 0 Å². The van der Waals surface area contributed by atoms with Gasteiger partial charge in [0.15, 0.2) is 0 Å². The molecule has 0 nitrogen and oxygen atoms in total. The first-order valence-electron chi connectivity index (χ1n) is 19.2. The van der Waals surface area contributed by atoms with Crippen molar-refractivity contribution in [3.63, 3.8) is 0 Å². The van der Waals surface area contributed by atoms with Crippen LogP contribution in [0.1, 0.15) is 92.2 Å². The summed E-state index contributed by atoms with van der Waals surface area (Å²) in [6, 6.07) is 14.0. The molecular weight excluding hydrogens is 755 g/mol. The Morgan fingerprint density at radius 2 is 1.43 bits per heavy atom. The molecule has 2 aromatic carbocycles. The van der Waals surface area contributed by atoms with Crippen LogP contribution in [0.4, 0.5) is 0 Å². The minimum absolute atomic E-state index is 0. The van der Waals surface area contributed by atoms with Crippen LogP contribution >= 0.6 is 0 Å². The van der Waals surface area contributed by atoms with E-state index in [4.69, 9.17) is 0 Å². The van der Waals surface area contributed by atoms with Crippen molar-refractivity contribution >= 4 is 22.8 Å². The Bertz CT molecular complexity index is 2000. The predicted molar refractivity (Wildman–Crippen MR) is 211 cm³/mol. The van der Waals surface area contributed by atoms with E-state index in [1.165, 1.54) is 22.8 Å². The third-order valence-corrected chi connectivity index (χ3v) is 28.0. The van der Waals surface area contributed by atoms with Crippen molar-refractivity contribution in [3.05, 3.63) is 125 Å². The third kappa shape index (κ3) is 4.19. The molecule has 51 heavy (non-hydrogen) atoms. The van der Waals surface area contributed by atoms with Gasteiger partial charge in [0, 0.05) is 0 Å². The Balaban J connectivity index is 0.00000224. The van der Waals surface area contributed by atoms with Crippen molar-refractivity contribution < 1.29 is 47.2 Å². The zero-order valence-electron chi connectivity index (χ0n) is 32.8. The summed E-state index contributed by atoms with van der Waals surface area (Å²) in [7, 11) is 0. The molecule has 8 rings (SSSR count). The summed E-state index contributed by atoms with van der Waals surface area (Å²) in [6.45, 7) is 29.6.